The standard InChI is InChI=1S/C13H19NO6S/c1-9(2)8-20-10-3-5-11(6-4-10)21(18,19)14-7-12(15)13(16)17/h3-6,9,12,14-15H,7-8H2,1-2H3,(H,16,17). The van der Waals surface area contributed by atoms with Crippen molar-refractivity contribution in [2.24, 2.45) is 5.92 Å². The van der Waals surface area contributed by atoms with E-state index in [0.29, 0.717) is 18.3 Å². The molecule has 21 heavy (non-hydrogen) atoms. The number of nitrogens with one attached hydrogen (secondary N) is 1. The highest BCUT2D eigenvalue weighted by molar-refractivity contribution is 7.89. The van der Waals surface area contributed by atoms with Gasteiger partial charge in [0.25, 0.3) is 0 Å². The maximum Gasteiger partial charge on any atom is 0.333 e. The van der Waals surface area contributed by atoms with Crippen molar-refractivity contribution in [1.82, 2.24) is 4.72 Å². The number of carboxylic acid groups (broad SMARTS) is 1. The zero-order valence-electron chi connectivity index (χ0n) is 11.8. The number of carbonyl (C=O) groups is 1. The Labute approximate surface area is 123 Å². The fraction of sp³-hybridized carbons (Fsp3) is 0.462. The molecule has 1 atom stereocenters. The topological polar surface area (TPSA) is 113 Å². The molecule has 1 rings (SSSR count). The van der Waals surface area contributed by atoms with E-state index in [1.807, 2.05) is 18.6 Å². The van der Waals surface area contributed by atoms with E-state index in [9.17, 15) is 13.2 Å². The number of aliphatic carboxylic acids is 1. The van der Waals surface area contributed by atoms with Crippen LogP contribution in [0.25, 0.3) is 0 Å². The second-order valence-corrected chi connectivity index (χ2v) is 6.65. The number of carboxylic acids is 1. The lowest BCUT2D eigenvalue weighted by molar-refractivity contribution is -0.146. The third-order valence-electron chi connectivity index (χ3n) is 2.47. The first-order chi connectivity index (χ1) is 9.72. The SMILES string of the molecule is CC(C)COc1ccc(S(=O)(=O)NCC(O)C(=O)O)cc1. The van der Waals surface area contributed by atoms with Gasteiger partial charge in [0.2, 0.25) is 10.0 Å². The smallest absolute Gasteiger partial charge is 0.333 e. The highest BCUT2D eigenvalue weighted by Crippen LogP contribution is 2.16. The van der Waals surface area contributed by atoms with Gasteiger partial charge in [-0.05, 0) is 30.2 Å². The summed E-state index contributed by atoms with van der Waals surface area (Å²) in [6.45, 7) is 3.92. The molecule has 0 aliphatic carbocycles. The molecule has 0 fully saturated rings. The van der Waals surface area contributed by atoms with Crippen LogP contribution < -0.4 is 9.46 Å². The van der Waals surface area contributed by atoms with E-state index < -0.39 is 28.6 Å². The van der Waals surface area contributed by atoms with Crippen LogP contribution in [0.5, 0.6) is 5.75 Å². The molecule has 0 amide bonds. The van der Waals surface area contributed by atoms with Crippen molar-refractivity contribution in [3.63, 3.8) is 0 Å². The summed E-state index contributed by atoms with van der Waals surface area (Å²) >= 11 is 0. The van der Waals surface area contributed by atoms with Gasteiger partial charge in [-0.2, -0.15) is 0 Å². The molecule has 0 saturated carbocycles. The van der Waals surface area contributed by atoms with Crippen LogP contribution in [0.2, 0.25) is 0 Å². The molecule has 8 heteroatoms. The van der Waals surface area contributed by atoms with Crippen molar-refractivity contribution in [3.05, 3.63) is 24.3 Å². The lowest BCUT2D eigenvalue weighted by atomic mass is 10.2. The number of rotatable bonds is 8. The Morgan fingerprint density at radius 1 is 1.29 bits per heavy atom. The predicted molar refractivity (Wildman–Crippen MR) is 75.6 cm³/mol. The molecular formula is C13H19NO6S. The molecule has 0 spiro atoms. The minimum Gasteiger partial charge on any atom is -0.493 e. The van der Waals surface area contributed by atoms with Crippen molar-refractivity contribution in [1.29, 1.82) is 0 Å². The molecule has 7 nitrogen and oxygen atoms in total. The number of aliphatic hydroxyl groups is 1. The molecule has 3 N–H and O–H groups in total. The van der Waals surface area contributed by atoms with Crippen LogP contribution in [0.1, 0.15) is 13.8 Å². The molecular weight excluding hydrogens is 298 g/mol. The second-order valence-electron chi connectivity index (χ2n) is 4.88. The predicted octanol–water partition coefficient (Wildman–Crippen LogP) is 0.445. The monoisotopic (exact) mass is 317 g/mol. The third-order valence-corrected chi connectivity index (χ3v) is 3.91. The van der Waals surface area contributed by atoms with Crippen LogP contribution in [0.3, 0.4) is 0 Å². The van der Waals surface area contributed by atoms with Crippen LogP contribution in [-0.2, 0) is 14.8 Å². The Balaban J connectivity index is 2.69. The van der Waals surface area contributed by atoms with Crippen LogP contribution >= 0.6 is 0 Å². The minimum absolute atomic E-state index is 0.0306. The molecule has 0 aliphatic rings. The molecule has 0 heterocycles. The van der Waals surface area contributed by atoms with Gasteiger partial charge >= 0.3 is 5.97 Å². The molecule has 118 valence electrons. The highest BCUT2D eigenvalue weighted by atomic mass is 32.2. The summed E-state index contributed by atoms with van der Waals surface area (Å²) in [6.07, 6.45) is -1.78. The van der Waals surface area contributed by atoms with E-state index in [-0.39, 0.29) is 4.90 Å². The highest BCUT2D eigenvalue weighted by Gasteiger charge is 2.19. The van der Waals surface area contributed by atoms with E-state index >= 15 is 0 Å². The number of hydrogen-bond acceptors (Lipinski definition) is 5. The number of ether oxygens (including phenoxy) is 1. The largest absolute Gasteiger partial charge is 0.493 e. The first-order valence-electron chi connectivity index (χ1n) is 6.36. The van der Waals surface area contributed by atoms with E-state index in [0.717, 1.165) is 0 Å². The lowest BCUT2D eigenvalue weighted by Crippen LogP contribution is -2.36. The molecule has 0 aromatic heterocycles. The van der Waals surface area contributed by atoms with E-state index in [1.54, 1.807) is 0 Å². The van der Waals surface area contributed by atoms with E-state index in [4.69, 9.17) is 14.9 Å². The van der Waals surface area contributed by atoms with Crippen LogP contribution in [0.15, 0.2) is 29.2 Å². The van der Waals surface area contributed by atoms with Gasteiger partial charge in [-0.15, -0.1) is 0 Å². The van der Waals surface area contributed by atoms with Crippen molar-refractivity contribution in [2.75, 3.05) is 13.2 Å². The summed E-state index contributed by atoms with van der Waals surface area (Å²) in [5, 5.41) is 17.5. The third kappa shape index (κ3) is 5.70. The van der Waals surface area contributed by atoms with Gasteiger partial charge < -0.3 is 14.9 Å². The summed E-state index contributed by atoms with van der Waals surface area (Å²) in [5.74, 6) is -0.587. The molecule has 0 radical (unpaired) electrons. The number of hydrogen-bond donors (Lipinski definition) is 3. The van der Waals surface area contributed by atoms with Gasteiger partial charge in [0.05, 0.1) is 11.5 Å². The molecule has 0 bridgehead atoms. The lowest BCUT2D eigenvalue weighted by Gasteiger charge is -2.11. The van der Waals surface area contributed by atoms with Gasteiger partial charge in [0.15, 0.2) is 6.10 Å². The Morgan fingerprint density at radius 3 is 2.33 bits per heavy atom. The zero-order valence-corrected chi connectivity index (χ0v) is 12.6. The van der Waals surface area contributed by atoms with Gasteiger partial charge in [-0.1, -0.05) is 13.8 Å². The fourth-order valence-electron chi connectivity index (χ4n) is 1.34. The van der Waals surface area contributed by atoms with Gasteiger partial charge in [-0.3, -0.25) is 0 Å². The molecule has 1 aromatic carbocycles. The van der Waals surface area contributed by atoms with Crippen LogP contribution in [0, 0.1) is 5.92 Å². The van der Waals surface area contributed by atoms with Gasteiger partial charge in [0, 0.05) is 6.54 Å². The fourth-order valence-corrected chi connectivity index (χ4v) is 2.38. The van der Waals surface area contributed by atoms with Crippen molar-refractivity contribution in [3.8, 4) is 5.75 Å². The first-order valence-corrected chi connectivity index (χ1v) is 7.84. The quantitative estimate of drug-likeness (QED) is 0.641. The molecule has 0 aliphatic heterocycles. The van der Waals surface area contributed by atoms with Gasteiger partial charge in [-0.25, -0.2) is 17.9 Å². The normalized spacial score (nSPS) is 13.1. The molecule has 0 saturated heterocycles. The summed E-state index contributed by atoms with van der Waals surface area (Å²) in [7, 11) is -3.87. The number of aliphatic hydroxyl groups excluding tert-OH is 1. The summed E-state index contributed by atoms with van der Waals surface area (Å²) in [4.78, 5) is 10.4. The molecule has 1 unspecified atom stereocenters. The maximum atomic E-state index is 11.9. The van der Waals surface area contributed by atoms with Gasteiger partial charge in [0.1, 0.15) is 5.75 Å². The molecule has 1 aromatic rings. The van der Waals surface area contributed by atoms with Crippen LogP contribution in [-0.4, -0.2) is 43.9 Å². The Morgan fingerprint density at radius 2 is 1.86 bits per heavy atom. The zero-order chi connectivity index (χ0) is 16.0. The Kier molecular flexibility index (Phi) is 6.13. The summed E-state index contributed by atoms with van der Waals surface area (Å²) in [5.41, 5.74) is 0. The van der Waals surface area contributed by atoms with Crippen molar-refractivity contribution in [2.45, 2.75) is 24.8 Å². The maximum absolute atomic E-state index is 11.9. The minimum atomic E-state index is -3.87. The summed E-state index contributed by atoms with van der Waals surface area (Å²) in [6, 6.07) is 5.74. The van der Waals surface area contributed by atoms with E-state index in [2.05, 4.69) is 0 Å². The first kappa shape index (κ1) is 17.4. The average molecular weight is 317 g/mol. The number of benzene rings is 1. The van der Waals surface area contributed by atoms with Crippen molar-refractivity contribution >= 4 is 16.0 Å². The van der Waals surface area contributed by atoms with Crippen LogP contribution in [0.4, 0.5) is 0 Å². The number of sulfonamides is 1. The summed E-state index contributed by atoms with van der Waals surface area (Å²) < 4.78 is 31.2. The second kappa shape index (κ2) is 7.39. The Hall–Kier alpha value is -1.64. The van der Waals surface area contributed by atoms with Crippen molar-refractivity contribution < 1.29 is 28.2 Å². The van der Waals surface area contributed by atoms with E-state index in [1.165, 1.54) is 24.3 Å². The Bertz CT molecular complexity index is 567. The average Bonchev–Trinajstić information content (AvgIpc) is 2.43.